The van der Waals surface area contributed by atoms with Crippen LogP contribution in [-0.4, -0.2) is 29.8 Å². The maximum absolute atomic E-state index is 12.2. The van der Waals surface area contributed by atoms with E-state index in [4.69, 9.17) is 4.74 Å². The fourth-order valence-corrected chi connectivity index (χ4v) is 5.41. The standard InChI is InChI=1S/C19H19NO3S2/c1-13(21)14-5-4-6-15(11-14)20-18(22)12-23-17-8-3-2-7-16(17)19-24-9-10-25-19/h2-8,11,19H,9-10,12H2,1H3,(H,20,22). The van der Waals surface area contributed by atoms with Crippen LogP contribution in [0.3, 0.4) is 0 Å². The number of thioether (sulfide) groups is 2. The molecule has 1 N–H and O–H groups in total. The summed E-state index contributed by atoms with van der Waals surface area (Å²) in [6.45, 7) is 1.43. The Morgan fingerprint density at radius 3 is 2.64 bits per heavy atom. The molecule has 6 heteroatoms. The molecule has 1 amide bonds. The number of rotatable bonds is 6. The molecular formula is C19H19NO3S2. The minimum absolute atomic E-state index is 0.0344. The molecule has 0 atom stereocenters. The van der Waals surface area contributed by atoms with Crippen LogP contribution in [0.4, 0.5) is 5.69 Å². The van der Waals surface area contributed by atoms with Crippen LogP contribution in [0.2, 0.25) is 0 Å². The maximum atomic E-state index is 12.2. The molecule has 2 aromatic rings. The summed E-state index contributed by atoms with van der Waals surface area (Å²) in [4.78, 5) is 23.6. The monoisotopic (exact) mass is 373 g/mol. The van der Waals surface area contributed by atoms with Crippen LogP contribution in [0.15, 0.2) is 48.5 Å². The van der Waals surface area contributed by atoms with E-state index < -0.39 is 0 Å². The normalized spacial score (nSPS) is 14.3. The lowest BCUT2D eigenvalue weighted by Crippen LogP contribution is -2.20. The number of hydrogen-bond donors (Lipinski definition) is 1. The van der Waals surface area contributed by atoms with Crippen molar-refractivity contribution in [3.8, 4) is 5.75 Å². The van der Waals surface area contributed by atoms with Gasteiger partial charge in [0, 0.05) is 28.3 Å². The highest BCUT2D eigenvalue weighted by molar-refractivity contribution is 8.19. The van der Waals surface area contributed by atoms with E-state index >= 15 is 0 Å². The third-order valence-electron chi connectivity index (χ3n) is 3.71. The maximum Gasteiger partial charge on any atom is 0.262 e. The van der Waals surface area contributed by atoms with Crippen molar-refractivity contribution in [1.29, 1.82) is 0 Å². The van der Waals surface area contributed by atoms with E-state index in [2.05, 4.69) is 11.4 Å². The smallest absolute Gasteiger partial charge is 0.262 e. The number of hydrogen-bond acceptors (Lipinski definition) is 5. The molecule has 0 radical (unpaired) electrons. The van der Waals surface area contributed by atoms with Gasteiger partial charge in [0.2, 0.25) is 0 Å². The second kappa shape index (κ2) is 8.45. The second-order valence-electron chi connectivity index (χ2n) is 5.59. The quantitative estimate of drug-likeness (QED) is 0.761. The van der Waals surface area contributed by atoms with Gasteiger partial charge in [0.25, 0.3) is 5.91 Å². The van der Waals surface area contributed by atoms with Crippen molar-refractivity contribution < 1.29 is 14.3 Å². The molecule has 0 spiro atoms. The first-order valence-corrected chi connectivity index (χ1v) is 10.1. The van der Waals surface area contributed by atoms with Gasteiger partial charge in [-0.2, -0.15) is 0 Å². The largest absolute Gasteiger partial charge is 0.483 e. The van der Waals surface area contributed by atoms with Gasteiger partial charge < -0.3 is 10.1 Å². The Kier molecular flexibility index (Phi) is 6.04. The van der Waals surface area contributed by atoms with Crippen LogP contribution in [0.25, 0.3) is 0 Å². The lowest BCUT2D eigenvalue weighted by atomic mass is 10.1. The number of carbonyl (C=O) groups excluding carboxylic acids is 2. The van der Waals surface area contributed by atoms with Crippen LogP contribution >= 0.6 is 23.5 Å². The van der Waals surface area contributed by atoms with Crippen molar-refractivity contribution in [3.63, 3.8) is 0 Å². The zero-order chi connectivity index (χ0) is 17.6. The van der Waals surface area contributed by atoms with Gasteiger partial charge in [-0.1, -0.05) is 30.3 Å². The highest BCUT2D eigenvalue weighted by Crippen LogP contribution is 2.48. The first-order chi connectivity index (χ1) is 12.1. The van der Waals surface area contributed by atoms with Gasteiger partial charge in [0.05, 0.1) is 4.58 Å². The fourth-order valence-electron chi connectivity index (χ4n) is 2.50. The van der Waals surface area contributed by atoms with Crippen LogP contribution in [0, 0.1) is 0 Å². The molecule has 3 rings (SSSR count). The van der Waals surface area contributed by atoms with Crippen molar-refractivity contribution in [2.24, 2.45) is 0 Å². The Labute approximate surface area is 155 Å². The SMILES string of the molecule is CC(=O)c1cccc(NC(=O)COc2ccccc2C2SCCS2)c1. The summed E-state index contributed by atoms with van der Waals surface area (Å²) < 4.78 is 6.12. The number of Topliss-reactive ketones (excluding diaryl/α,β-unsaturated/α-hetero) is 1. The molecule has 0 bridgehead atoms. The van der Waals surface area contributed by atoms with Crippen molar-refractivity contribution in [2.45, 2.75) is 11.5 Å². The van der Waals surface area contributed by atoms with Gasteiger partial charge in [-0.25, -0.2) is 0 Å². The summed E-state index contributed by atoms with van der Waals surface area (Å²) in [7, 11) is 0. The molecule has 0 aromatic heterocycles. The number of para-hydroxylation sites is 1. The van der Waals surface area contributed by atoms with Crippen LogP contribution in [0.5, 0.6) is 5.75 Å². The van der Waals surface area contributed by atoms with Gasteiger partial charge in [-0.15, -0.1) is 23.5 Å². The van der Waals surface area contributed by atoms with E-state index in [-0.39, 0.29) is 18.3 Å². The number of nitrogens with one attached hydrogen (secondary N) is 1. The van der Waals surface area contributed by atoms with E-state index in [1.165, 1.54) is 6.92 Å². The average molecular weight is 373 g/mol. The van der Waals surface area contributed by atoms with Gasteiger partial charge in [-0.05, 0) is 25.1 Å². The fraction of sp³-hybridized carbons (Fsp3) is 0.263. The number of carbonyl (C=O) groups is 2. The predicted molar refractivity (Wildman–Crippen MR) is 105 cm³/mol. The molecule has 1 fully saturated rings. The van der Waals surface area contributed by atoms with Crippen LogP contribution in [0.1, 0.15) is 27.4 Å². The summed E-state index contributed by atoms with van der Waals surface area (Å²) in [5.74, 6) is 2.74. The zero-order valence-corrected chi connectivity index (χ0v) is 15.5. The lowest BCUT2D eigenvalue weighted by Gasteiger charge is -2.15. The van der Waals surface area contributed by atoms with E-state index in [0.717, 1.165) is 22.8 Å². The molecule has 2 aromatic carbocycles. The summed E-state index contributed by atoms with van der Waals surface area (Å²) >= 11 is 3.80. The molecule has 0 saturated carbocycles. The number of ether oxygens (including phenoxy) is 1. The summed E-state index contributed by atoms with van der Waals surface area (Å²) in [5, 5.41) is 2.77. The third-order valence-corrected chi connectivity index (χ3v) is 6.77. The molecule has 25 heavy (non-hydrogen) atoms. The van der Waals surface area contributed by atoms with Crippen LogP contribution < -0.4 is 10.1 Å². The molecule has 1 aliphatic heterocycles. The zero-order valence-electron chi connectivity index (χ0n) is 13.9. The predicted octanol–water partition coefficient (Wildman–Crippen LogP) is 4.39. The average Bonchev–Trinajstić information content (AvgIpc) is 3.15. The van der Waals surface area contributed by atoms with Crippen LogP contribution in [-0.2, 0) is 4.79 Å². The highest BCUT2D eigenvalue weighted by Gasteiger charge is 2.21. The second-order valence-corrected chi connectivity index (χ2v) is 8.31. The van der Waals surface area contributed by atoms with Gasteiger partial charge in [0.15, 0.2) is 12.4 Å². The lowest BCUT2D eigenvalue weighted by molar-refractivity contribution is -0.118. The number of ketones is 1. The Bertz CT molecular complexity index is 773. The molecule has 130 valence electrons. The first-order valence-electron chi connectivity index (χ1n) is 7.99. The Morgan fingerprint density at radius 1 is 1.12 bits per heavy atom. The Balaban J connectivity index is 1.61. The molecule has 1 heterocycles. The molecule has 1 aliphatic rings. The van der Waals surface area contributed by atoms with Gasteiger partial charge >= 0.3 is 0 Å². The van der Waals surface area contributed by atoms with E-state index in [9.17, 15) is 9.59 Å². The van der Waals surface area contributed by atoms with Crippen molar-refractivity contribution in [1.82, 2.24) is 0 Å². The summed E-state index contributed by atoms with van der Waals surface area (Å²) in [5.41, 5.74) is 2.29. The van der Waals surface area contributed by atoms with Crippen molar-refractivity contribution in [3.05, 3.63) is 59.7 Å². The van der Waals surface area contributed by atoms with E-state index in [1.54, 1.807) is 24.3 Å². The molecule has 1 saturated heterocycles. The molecule has 0 unspecified atom stereocenters. The van der Waals surface area contributed by atoms with E-state index in [0.29, 0.717) is 15.8 Å². The van der Waals surface area contributed by atoms with Crippen molar-refractivity contribution in [2.75, 3.05) is 23.4 Å². The number of anilines is 1. The molecule has 4 nitrogen and oxygen atoms in total. The van der Waals surface area contributed by atoms with Gasteiger partial charge in [-0.3, -0.25) is 9.59 Å². The minimum Gasteiger partial charge on any atom is -0.483 e. The number of amides is 1. The number of benzene rings is 2. The molecular weight excluding hydrogens is 354 g/mol. The minimum atomic E-state index is -0.248. The molecule has 0 aliphatic carbocycles. The first kappa shape index (κ1) is 17.9. The Morgan fingerprint density at radius 2 is 1.88 bits per heavy atom. The Hall–Kier alpha value is -1.92. The topological polar surface area (TPSA) is 55.4 Å². The van der Waals surface area contributed by atoms with Crippen molar-refractivity contribution >= 4 is 40.9 Å². The third kappa shape index (κ3) is 4.80. The summed E-state index contributed by atoms with van der Waals surface area (Å²) in [6.07, 6.45) is 0. The summed E-state index contributed by atoms with van der Waals surface area (Å²) in [6, 6.07) is 14.8. The highest BCUT2D eigenvalue weighted by atomic mass is 32.2. The van der Waals surface area contributed by atoms with Gasteiger partial charge in [0.1, 0.15) is 5.75 Å². The van der Waals surface area contributed by atoms with E-state index in [1.807, 2.05) is 41.7 Å².